The third kappa shape index (κ3) is 5.74. The molecule has 0 spiro atoms. The Balaban J connectivity index is 1.37. The summed E-state index contributed by atoms with van der Waals surface area (Å²) in [6.45, 7) is 6.64. The van der Waals surface area contributed by atoms with Crippen LogP contribution in [0.15, 0.2) is 29.6 Å². The number of nitrogens with two attached hydrogens (primary N) is 1. The molecule has 0 aliphatic carbocycles. The Morgan fingerprint density at radius 2 is 1.79 bits per heavy atom. The minimum Gasteiger partial charge on any atom is -0.369 e. The summed E-state index contributed by atoms with van der Waals surface area (Å²) >= 11 is 1.52. The second kappa shape index (κ2) is 11.0. The van der Waals surface area contributed by atoms with Crippen LogP contribution in [0.5, 0.6) is 0 Å². The van der Waals surface area contributed by atoms with Crippen LogP contribution in [0.2, 0.25) is 0 Å². The van der Waals surface area contributed by atoms with Crippen molar-refractivity contribution in [2.75, 3.05) is 56.0 Å². The van der Waals surface area contributed by atoms with Crippen molar-refractivity contribution in [3.63, 3.8) is 0 Å². The number of amides is 3. The molecule has 0 bridgehead atoms. The maximum Gasteiger partial charge on any atom is 0.275 e. The fourth-order valence-corrected chi connectivity index (χ4v) is 5.56. The quantitative estimate of drug-likeness (QED) is 0.623. The van der Waals surface area contributed by atoms with Crippen LogP contribution in [0.25, 0.3) is 0 Å². The molecule has 0 radical (unpaired) electrons. The minimum absolute atomic E-state index is 0.200. The molecule has 34 heavy (non-hydrogen) atoms. The van der Waals surface area contributed by atoms with Crippen LogP contribution in [-0.2, 0) is 9.59 Å². The highest BCUT2D eigenvalue weighted by atomic mass is 32.1. The lowest BCUT2D eigenvalue weighted by atomic mass is 9.97. The zero-order valence-electron chi connectivity index (χ0n) is 19.5. The fraction of sp³-hybridized carbons (Fsp3) is 0.500. The predicted octanol–water partition coefficient (Wildman–Crippen LogP) is 2.12. The lowest BCUT2D eigenvalue weighted by Gasteiger charge is -2.36. The van der Waals surface area contributed by atoms with Gasteiger partial charge >= 0.3 is 0 Å². The van der Waals surface area contributed by atoms with Gasteiger partial charge < -0.3 is 20.9 Å². The molecule has 3 N–H and O–H groups in total. The monoisotopic (exact) mass is 484 g/mol. The zero-order valence-corrected chi connectivity index (χ0v) is 20.4. The summed E-state index contributed by atoms with van der Waals surface area (Å²) in [5, 5.41) is 5.82. The lowest BCUT2D eigenvalue weighted by molar-refractivity contribution is -0.131. The number of piperidine rings is 1. The lowest BCUT2D eigenvalue weighted by Crippen LogP contribution is -2.49. The number of rotatable bonds is 7. The Labute approximate surface area is 203 Å². The third-order valence-electron chi connectivity index (χ3n) is 6.50. The van der Waals surface area contributed by atoms with Gasteiger partial charge in [-0.15, -0.1) is 11.3 Å². The first-order chi connectivity index (χ1) is 16.4. The Kier molecular flexibility index (Phi) is 7.79. The molecule has 2 saturated heterocycles. The highest BCUT2D eigenvalue weighted by Crippen LogP contribution is 2.31. The first-order valence-electron chi connectivity index (χ1n) is 11.8. The molecule has 4 rings (SSSR count). The first-order valence-corrected chi connectivity index (χ1v) is 12.7. The molecule has 3 amide bonds. The number of thiazole rings is 1. The molecule has 9 nitrogen and oxygen atoms in total. The van der Waals surface area contributed by atoms with Gasteiger partial charge in [0.25, 0.3) is 5.91 Å². The zero-order chi connectivity index (χ0) is 24.1. The van der Waals surface area contributed by atoms with Crippen LogP contribution in [0.1, 0.15) is 47.6 Å². The standard InChI is InChI=1S/C24H32N6O3S/c1-2-22(32)30-9-7-17(8-10-30)24-27-19(16-34-24)23(33)26-18-5-3-4-6-20(18)29-13-11-28(12-14-29)15-21(25)31/h3-6,16-17H,2,7-15H2,1H3,(H2,25,31)(H,26,33). The maximum atomic E-state index is 13.0. The van der Waals surface area contributed by atoms with E-state index in [-0.39, 0.29) is 30.2 Å². The number of aromatic nitrogens is 1. The maximum absolute atomic E-state index is 13.0. The first kappa shape index (κ1) is 24.2. The van der Waals surface area contributed by atoms with Crippen molar-refractivity contribution in [2.45, 2.75) is 32.1 Å². The van der Waals surface area contributed by atoms with Crippen molar-refractivity contribution in [3.8, 4) is 0 Å². The van der Waals surface area contributed by atoms with Crippen LogP contribution >= 0.6 is 11.3 Å². The normalized spacial score (nSPS) is 17.6. The van der Waals surface area contributed by atoms with Crippen molar-refractivity contribution >= 4 is 40.4 Å². The Bertz CT molecular complexity index is 1030. The molecule has 10 heteroatoms. The molecule has 182 valence electrons. The van der Waals surface area contributed by atoms with E-state index in [0.717, 1.165) is 68.5 Å². The van der Waals surface area contributed by atoms with Crippen LogP contribution in [-0.4, -0.2) is 78.3 Å². The van der Waals surface area contributed by atoms with Crippen LogP contribution < -0.4 is 16.0 Å². The number of carbonyl (C=O) groups excluding carboxylic acids is 3. The van der Waals surface area contributed by atoms with Gasteiger partial charge in [-0.25, -0.2) is 4.98 Å². The number of primary amides is 1. The minimum atomic E-state index is -0.316. The molecule has 2 aliphatic rings. The summed E-state index contributed by atoms with van der Waals surface area (Å²) in [5.41, 5.74) is 7.44. The van der Waals surface area contributed by atoms with Gasteiger partial charge in [0.1, 0.15) is 5.69 Å². The van der Waals surface area contributed by atoms with Crippen molar-refractivity contribution in [3.05, 3.63) is 40.3 Å². The number of likely N-dealkylation sites (tertiary alicyclic amines) is 1. The van der Waals surface area contributed by atoms with Gasteiger partial charge in [0, 0.05) is 57.0 Å². The van der Waals surface area contributed by atoms with Crippen molar-refractivity contribution in [1.29, 1.82) is 0 Å². The molecule has 0 unspecified atom stereocenters. The molecule has 2 fully saturated rings. The summed E-state index contributed by atoms with van der Waals surface area (Å²) < 4.78 is 0. The number of piperazine rings is 1. The molecule has 0 atom stereocenters. The molecule has 2 aromatic rings. The fourth-order valence-electron chi connectivity index (χ4n) is 4.59. The second-order valence-corrected chi connectivity index (χ2v) is 9.67. The van der Waals surface area contributed by atoms with Crippen LogP contribution in [0, 0.1) is 0 Å². The van der Waals surface area contributed by atoms with E-state index in [4.69, 9.17) is 5.73 Å². The highest BCUT2D eigenvalue weighted by molar-refractivity contribution is 7.10. The SMILES string of the molecule is CCC(=O)N1CCC(c2nc(C(=O)Nc3ccccc3N3CCN(CC(N)=O)CC3)cs2)CC1. The summed E-state index contributed by atoms with van der Waals surface area (Å²) in [6.07, 6.45) is 2.30. The Morgan fingerprint density at radius 1 is 1.09 bits per heavy atom. The van der Waals surface area contributed by atoms with Crippen molar-refractivity contribution in [1.82, 2.24) is 14.8 Å². The van der Waals surface area contributed by atoms with E-state index in [1.807, 2.05) is 46.4 Å². The molecular formula is C24H32N6O3S. The van der Waals surface area contributed by atoms with Gasteiger partial charge in [-0.2, -0.15) is 0 Å². The average Bonchev–Trinajstić information content (AvgIpc) is 3.35. The van der Waals surface area contributed by atoms with Crippen LogP contribution in [0.3, 0.4) is 0 Å². The van der Waals surface area contributed by atoms with E-state index in [1.165, 1.54) is 11.3 Å². The molecular weight excluding hydrogens is 452 g/mol. The Morgan fingerprint density at radius 3 is 2.47 bits per heavy atom. The summed E-state index contributed by atoms with van der Waals surface area (Å²) in [7, 11) is 0. The number of para-hydroxylation sites is 2. The Hall–Kier alpha value is -2.98. The van der Waals surface area contributed by atoms with E-state index in [1.54, 1.807) is 0 Å². The molecule has 3 heterocycles. The number of anilines is 2. The second-order valence-electron chi connectivity index (χ2n) is 8.78. The molecule has 2 aliphatic heterocycles. The van der Waals surface area contributed by atoms with E-state index in [9.17, 15) is 14.4 Å². The summed E-state index contributed by atoms with van der Waals surface area (Å²) in [4.78, 5) is 46.9. The highest BCUT2D eigenvalue weighted by Gasteiger charge is 2.26. The summed E-state index contributed by atoms with van der Waals surface area (Å²) in [6, 6.07) is 7.76. The van der Waals surface area contributed by atoms with Crippen molar-refractivity contribution in [2.24, 2.45) is 5.73 Å². The van der Waals surface area contributed by atoms with E-state index in [0.29, 0.717) is 12.1 Å². The van der Waals surface area contributed by atoms with Gasteiger partial charge in [0.15, 0.2) is 0 Å². The van der Waals surface area contributed by atoms with E-state index in [2.05, 4.69) is 15.2 Å². The number of hydrogen-bond acceptors (Lipinski definition) is 7. The van der Waals surface area contributed by atoms with Gasteiger partial charge in [0.2, 0.25) is 11.8 Å². The van der Waals surface area contributed by atoms with E-state index < -0.39 is 0 Å². The van der Waals surface area contributed by atoms with Gasteiger partial charge in [-0.1, -0.05) is 19.1 Å². The number of benzene rings is 1. The number of nitrogens with one attached hydrogen (secondary N) is 1. The predicted molar refractivity (Wildman–Crippen MR) is 133 cm³/mol. The molecule has 1 aromatic heterocycles. The van der Waals surface area contributed by atoms with Crippen LogP contribution in [0.4, 0.5) is 11.4 Å². The summed E-state index contributed by atoms with van der Waals surface area (Å²) in [5.74, 6) is -0.0493. The molecule has 0 saturated carbocycles. The topological polar surface area (TPSA) is 112 Å². The van der Waals surface area contributed by atoms with Crippen molar-refractivity contribution < 1.29 is 14.4 Å². The molecule has 1 aromatic carbocycles. The largest absolute Gasteiger partial charge is 0.369 e. The van der Waals surface area contributed by atoms with Gasteiger partial charge in [0.05, 0.1) is 22.9 Å². The smallest absolute Gasteiger partial charge is 0.275 e. The average molecular weight is 485 g/mol. The number of hydrogen-bond donors (Lipinski definition) is 2. The van der Waals surface area contributed by atoms with Gasteiger partial charge in [-0.05, 0) is 25.0 Å². The van der Waals surface area contributed by atoms with Gasteiger partial charge in [-0.3, -0.25) is 19.3 Å². The number of nitrogens with zero attached hydrogens (tertiary/aromatic N) is 4. The number of carbonyl (C=O) groups is 3. The third-order valence-corrected chi connectivity index (χ3v) is 7.51. The van der Waals surface area contributed by atoms with E-state index >= 15 is 0 Å².